The van der Waals surface area contributed by atoms with Crippen LogP contribution in [0, 0.1) is 0 Å². The number of piperazine rings is 1. The van der Waals surface area contributed by atoms with E-state index < -0.39 is 15.1 Å². The van der Waals surface area contributed by atoms with Gasteiger partial charge in [0.2, 0.25) is 5.91 Å². The average Bonchev–Trinajstić information content (AvgIpc) is 2.53. The van der Waals surface area contributed by atoms with Gasteiger partial charge in [-0.1, -0.05) is 37.3 Å². The van der Waals surface area contributed by atoms with E-state index in [4.69, 9.17) is 0 Å². The maximum atomic E-state index is 12.5. The minimum atomic E-state index is -3.35. The van der Waals surface area contributed by atoms with Gasteiger partial charge in [-0.15, -0.1) is 0 Å². The molecule has 2 atom stereocenters. The minimum Gasteiger partial charge on any atom is -0.336 e. The van der Waals surface area contributed by atoms with Crippen molar-refractivity contribution in [3.8, 4) is 0 Å². The summed E-state index contributed by atoms with van der Waals surface area (Å²) in [5.41, 5.74) is 1.26. The number of nitrogens with zero attached hydrogens (tertiary/aromatic N) is 2. The number of benzene rings is 1. The number of sulfone groups is 1. The summed E-state index contributed by atoms with van der Waals surface area (Å²) in [5, 5.41) is -0.961. The molecule has 1 aromatic carbocycles. The van der Waals surface area contributed by atoms with Crippen LogP contribution in [0.5, 0.6) is 0 Å². The first-order chi connectivity index (χ1) is 10.8. The zero-order valence-electron chi connectivity index (χ0n) is 14.1. The molecule has 1 saturated heterocycles. The normalized spacial score (nSPS) is 21.2. The highest BCUT2D eigenvalue weighted by Crippen LogP contribution is 2.18. The fourth-order valence-corrected chi connectivity index (χ4v) is 3.46. The summed E-state index contributed by atoms with van der Waals surface area (Å²) in [5.74, 6) is -0.265. The molecular formula is C17H26N2O3S. The molecule has 5 nitrogen and oxygen atoms in total. The first kappa shape index (κ1) is 17.9. The van der Waals surface area contributed by atoms with Crippen LogP contribution in [0.4, 0.5) is 0 Å². The number of amides is 1. The molecule has 0 aliphatic carbocycles. The smallest absolute Gasteiger partial charge is 0.240 e. The van der Waals surface area contributed by atoms with Crippen LogP contribution >= 0.6 is 0 Å². The number of hydrogen-bond donors (Lipinski definition) is 0. The summed E-state index contributed by atoms with van der Waals surface area (Å²) >= 11 is 0. The maximum absolute atomic E-state index is 12.5. The standard InChI is InChI=1S/C17H26N2O3S/c1-4-16-13-18(12-15-8-6-5-7-9-15)10-11-19(16)17(20)14(2)23(3,21)22/h5-9,14,16H,4,10-13H2,1-3H3. The average molecular weight is 338 g/mol. The van der Waals surface area contributed by atoms with E-state index in [0.29, 0.717) is 6.54 Å². The van der Waals surface area contributed by atoms with Gasteiger partial charge < -0.3 is 4.90 Å². The molecule has 0 radical (unpaired) electrons. The molecule has 6 heteroatoms. The first-order valence-corrected chi connectivity index (χ1v) is 10.0. The van der Waals surface area contributed by atoms with E-state index in [2.05, 4.69) is 17.0 Å². The molecule has 1 aliphatic rings. The van der Waals surface area contributed by atoms with Gasteiger partial charge in [0, 0.05) is 38.5 Å². The van der Waals surface area contributed by atoms with Gasteiger partial charge in [-0.3, -0.25) is 9.69 Å². The van der Waals surface area contributed by atoms with E-state index in [0.717, 1.165) is 32.3 Å². The van der Waals surface area contributed by atoms with Crippen molar-refractivity contribution in [1.82, 2.24) is 9.80 Å². The van der Waals surface area contributed by atoms with Crippen molar-refractivity contribution in [2.75, 3.05) is 25.9 Å². The third kappa shape index (κ3) is 4.54. The molecule has 1 aromatic rings. The molecule has 128 valence electrons. The second kappa shape index (κ2) is 7.45. The van der Waals surface area contributed by atoms with E-state index >= 15 is 0 Å². The molecule has 1 aliphatic heterocycles. The predicted octanol–water partition coefficient (Wildman–Crippen LogP) is 1.54. The van der Waals surface area contributed by atoms with Crippen molar-refractivity contribution >= 4 is 15.7 Å². The second-order valence-corrected chi connectivity index (χ2v) is 8.65. The summed E-state index contributed by atoms with van der Waals surface area (Å²) in [6, 6.07) is 10.3. The lowest BCUT2D eigenvalue weighted by atomic mass is 10.1. The number of carbonyl (C=O) groups is 1. The zero-order valence-corrected chi connectivity index (χ0v) is 14.9. The summed E-state index contributed by atoms with van der Waals surface area (Å²) in [7, 11) is -3.35. The summed E-state index contributed by atoms with van der Waals surface area (Å²) in [6.07, 6.45) is 1.95. The first-order valence-electron chi connectivity index (χ1n) is 8.08. The Kier molecular flexibility index (Phi) is 5.81. The quantitative estimate of drug-likeness (QED) is 0.817. The Bertz CT molecular complexity index is 630. The molecule has 1 heterocycles. The lowest BCUT2D eigenvalue weighted by Gasteiger charge is -2.42. The molecule has 23 heavy (non-hydrogen) atoms. The van der Waals surface area contributed by atoms with Crippen LogP contribution in [0.15, 0.2) is 30.3 Å². The molecule has 2 rings (SSSR count). The minimum absolute atomic E-state index is 0.0733. The molecule has 1 fully saturated rings. The Morgan fingerprint density at radius 3 is 2.48 bits per heavy atom. The highest BCUT2D eigenvalue weighted by Gasteiger charge is 2.35. The molecular weight excluding hydrogens is 312 g/mol. The number of carbonyl (C=O) groups excluding carboxylic acids is 1. The van der Waals surface area contributed by atoms with E-state index in [1.807, 2.05) is 25.1 Å². The van der Waals surface area contributed by atoms with Crippen molar-refractivity contribution in [2.45, 2.75) is 38.1 Å². The lowest BCUT2D eigenvalue weighted by molar-refractivity contribution is -0.135. The Labute approximate surface area is 139 Å². The number of rotatable bonds is 5. The van der Waals surface area contributed by atoms with Gasteiger partial charge in [0.25, 0.3) is 0 Å². The van der Waals surface area contributed by atoms with Crippen LogP contribution in [-0.4, -0.2) is 61.3 Å². The maximum Gasteiger partial charge on any atom is 0.240 e. The van der Waals surface area contributed by atoms with Crippen molar-refractivity contribution in [1.29, 1.82) is 0 Å². The second-order valence-electron chi connectivity index (χ2n) is 6.29. The highest BCUT2D eigenvalue weighted by atomic mass is 32.2. The Morgan fingerprint density at radius 2 is 1.91 bits per heavy atom. The Balaban J connectivity index is 2.03. The lowest BCUT2D eigenvalue weighted by Crippen LogP contribution is -2.57. The molecule has 0 bridgehead atoms. The van der Waals surface area contributed by atoms with Crippen molar-refractivity contribution in [3.63, 3.8) is 0 Å². The molecule has 0 N–H and O–H groups in total. The topological polar surface area (TPSA) is 57.7 Å². The SMILES string of the molecule is CCC1CN(Cc2ccccc2)CCN1C(=O)C(C)S(C)(=O)=O. The fourth-order valence-electron chi connectivity index (χ4n) is 2.96. The van der Waals surface area contributed by atoms with Crippen molar-refractivity contribution < 1.29 is 13.2 Å². The Hall–Kier alpha value is -1.40. The molecule has 2 unspecified atom stereocenters. The summed E-state index contributed by atoms with van der Waals surface area (Å²) in [6.45, 7) is 6.54. The van der Waals surface area contributed by atoms with Gasteiger partial charge in [-0.25, -0.2) is 8.42 Å². The van der Waals surface area contributed by atoms with Crippen LogP contribution in [0.3, 0.4) is 0 Å². The molecule has 0 aromatic heterocycles. The summed E-state index contributed by atoms with van der Waals surface area (Å²) in [4.78, 5) is 16.6. The van der Waals surface area contributed by atoms with Crippen LogP contribution < -0.4 is 0 Å². The largest absolute Gasteiger partial charge is 0.336 e. The third-order valence-electron chi connectivity index (χ3n) is 4.56. The van der Waals surface area contributed by atoms with E-state index in [-0.39, 0.29) is 11.9 Å². The van der Waals surface area contributed by atoms with Crippen molar-refractivity contribution in [2.24, 2.45) is 0 Å². The predicted molar refractivity (Wildman–Crippen MR) is 91.8 cm³/mol. The van der Waals surface area contributed by atoms with Gasteiger partial charge >= 0.3 is 0 Å². The zero-order chi connectivity index (χ0) is 17.0. The van der Waals surface area contributed by atoms with E-state index in [1.54, 1.807) is 4.90 Å². The highest BCUT2D eigenvalue weighted by molar-refractivity contribution is 7.92. The summed E-state index contributed by atoms with van der Waals surface area (Å²) < 4.78 is 23.3. The monoisotopic (exact) mass is 338 g/mol. The van der Waals surface area contributed by atoms with Gasteiger partial charge in [-0.05, 0) is 18.9 Å². The van der Waals surface area contributed by atoms with Gasteiger partial charge in [0.1, 0.15) is 5.25 Å². The van der Waals surface area contributed by atoms with E-state index in [1.165, 1.54) is 12.5 Å². The molecule has 1 amide bonds. The van der Waals surface area contributed by atoms with Crippen LogP contribution in [0.25, 0.3) is 0 Å². The third-order valence-corrected chi connectivity index (χ3v) is 6.05. The van der Waals surface area contributed by atoms with Gasteiger partial charge in [0.15, 0.2) is 9.84 Å². The molecule has 0 saturated carbocycles. The van der Waals surface area contributed by atoms with Crippen LogP contribution in [-0.2, 0) is 21.2 Å². The Morgan fingerprint density at radius 1 is 1.26 bits per heavy atom. The van der Waals surface area contributed by atoms with E-state index in [9.17, 15) is 13.2 Å². The molecule has 0 spiro atoms. The van der Waals surface area contributed by atoms with Crippen LogP contribution in [0.2, 0.25) is 0 Å². The number of hydrogen-bond acceptors (Lipinski definition) is 4. The van der Waals surface area contributed by atoms with Crippen molar-refractivity contribution in [3.05, 3.63) is 35.9 Å². The fraction of sp³-hybridized carbons (Fsp3) is 0.588. The van der Waals surface area contributed by atoms with Gasteiger partial charge in [-0.2, -0.15) is 0 Å². The van der Waals surface area contributed by atoms with Gasteiger partial charge in [0.05, 0.1) is 0 Å². The van der Waals surface area contributed by atoms with Crippen LogP contribution in [0.1, 0.15) is 25.8 Å².